The molecule has 0 fully saturated rings. The molecule has 118 valence electrons. The van der Waals surface area contributed by atoms with Crippen LogP contribution < -0.4 is 10.6 Å². The third-order valence-corrected chi connectivity index (χ3v) is 3.43. The Bertz CT molecular complexity index is 415. The summed E-state index contributed by atoms with van der Waals surface area (Å²) in [6.45, 7) is 7.14. The SMILES string of the molecule is CCCCCCCCNC(=O)c1ccccc1NC(C)C. The maximum atomic E-state index is 12.2. The van der Waals surface area contributed by atoms with Crippen LogP contribution in [0.1, 0.15) is 69.7 Å². The Hall–Kier alpha value is -1.51. The second-order valence-corrected chi connectivity index (χ2v) is 5.87. The fourth-order valence-electron chi connectivity index (χ4n) is 2.32. The molecular weight excluding hydrogens is 260 g/mol. The predicted octanol–water partition coefficient (Wildman–Crippen LogP) is 4.60. The average Bonchev–Trinajstić information content (AvgIpc) is 2.46. The molecule has 0 saturated carbocycles. The van der Waals surface area contributed by atoms with Gasteiger partial charge in [0, 0.05) is 18.3 Å². The first kappa shape index (κ1) is 17.5. The number of carbonyl (C=O) groups is 1. The number of benzene rings is 1. The molecule has 0 unspecified atom stereocenters. The molecule has 0 aliphatic heterocycles. The summed E-state index contributed by atoms with van der Waals surface area (Å²) in [5.74, 6) is 0.0207. The standard InChI is InChI=1S/C18H30N2O/c1-4-5-6-7-8-11-14-19-18(21)16-12-9-10-13-17(16)20-15(2)3/h9-10,12-13,15,20H,4-8,11,14H2,1-3H3,(H,19,21). The first-order chi connectivity index (χ1) is 10.1. The molecule has 0 radical (unpaired) electrons. The number of nitrogens with one attached hydrogen (secondary N) is 2. The van der Waals surface area contributed by atoms with E-state index in [-0.39, 0.29) is 5.91 Å². The van der Waals surface area contributed by atoms with Gasteiger partial charge >= 0.3 is 0 Å². The van der Waals surface area contributed by atoms with Gasteiger partial charge in [-0.3, -0.25) is 4.79 Å². The van der Waals surface area contributed by atoms with E-state index in [4.69, 9.17) is 0 Å². The zero-order chi connectivity index (χ0) is 15.5. The molecule has 1 amide bonds. The summed E-state index contributed by atoms with van der Waals surface area (Å²) in [4.78, 5) is 12.2. The van der Waals surface area contributed by atoms with Crippen molar-refractivity contribution in [3.8, 4) is 0 Å². The van der Waals surface area contributed by atoms with Gasteiger partial charge in [-0.15, -0.1) is 0 Å². The second kappa shape index (κ2) is 10.3. The van der Waals surface area contributed by atoms with Crippen molar-refractivity contribution in [2.24, 2.45) is 0 Å². The minimum Gasteiger partial charge on any atom is -0.382 e. The first-order valence-electron chi connectivity index (χ1n) is 8.29. The lowest BCUT2D eigenvalue weighted by molar-refractivity contribution is 0.0953. The molecule has 0 aliphatic rings. The van der Waals surface area contributed by atoms with E-state index in [0.29, 0.717) is 6.04 Å². The molecular formula is C18H30N2O. The van der Waals surface area contributed by atoms with Crippen LogP contribution in [0.3, 0.4) is 0 Å². The average molecular weight is 290 g/mol. The van der Waals surface area contributed by atoms with Crippen LogP contribution in [0.15, 0.2) is 24.3 Å². The van der Waals surface area contributed by atoms with Gasteiger partial charge in [0.05, 0.1) is 5.56 Å². The highest BCUT2D eigenvalue weighted by Crippen LogP contribution is 2.16. The van der Waals surface area contributed by atoms with Crippen molar-refractivity contribution < 1.29 is 4.79 Å². The van der Waals surface area contributed by atoms with E-state index in [1.165, 1.54) is 32.1 Å². The van der Waals surface area contributed by atoms with Gasteiger partial charge in [-0.2, -0.15) is 0 Å². The van der Waals surface area contributed by atoms with Gasteiger partial charge in [-0.05, 0) is 32.4 Å². The van der Waals surface area contributed by atoms with Crippen molar-refractivity contribution in [2.45, 2.75) is 65.3 Å². The van der Waals surface area contributed by atoms with Gasteiger partial charge in [0.15, 0.2) is 0 Å². The molecule has 2 N–H and O–H groups in total. The van der Waals surface area contributed by atoms with E-state index in [2.05, 4.69) is 31.4 Å². The molecule has 0 aromatic heterocycles. The highest BCUT2D eigenvalue weighted by Gasteiger charge is 2.10. The quantitative estimate of drug-likeness (QED) is 0.618. The van der Waals surface area contributed by atoms with Crippen LogP contribution in [-0.4, -0.2) is 18.5 Å². The number of carbonyl (C=O) groups excluding carboxylic acids is 1. The number of unbranched alkanes of at least 4 members (excludes halogenated alkanes) is 5. The Kier molecular flexibility index (Phi) is 8.56. The van der Waals surface area contributed by atoms with Crippen molar-refractivity contribution in [2.75, 3.05) is 11.9 Å². The van der Waals surface area contributed by atoms with Gasteiger partial charge in [-0.25, -0.2) is 0 Å². The molecule has 0 atom stereocenters. The Morgan fingerprint density at radius 3 is 2.43 bits per heavy atom. The summed E-state index contributed by atoms with van der Waals surface area (Å²) in [7, 11) is 0. The molecule has 1 aromatic rings. The molecule has 0 aliphatic carbocycles. The minimum atomic E-state index is 0.0207. The maximum Gasteiger partial charge on any atom is 0.253 e. The van der Waals surface area contributed by atoms with E-state index >= 15 is 0 Å². The Morgan fingerprint density at radius 1 is 1.05 bits per heavy atom. The number of para-hydroxylation sites is 1. The van der Waals surface area contributed by atoms with E-state index in [0.717, 1.165) is 24.2 Å². The highest BCUT2D eigenvalue weighted by molar-refractivity contribution is 5.99. The minimum absolute atomic E-state index is 0.0207. The summed E-state index contributed by atoms with van der Waals surface area (Å²) >= 11 is 0. The fourth-order valence-corrected chi connectivity index (χ4v) is 2.32. The Labute approximate surface area is 129 Å². The van der Waals surface area contributed by atoms with Gasteiger partial charge in [0.2, 0.25) is 0 Å². The molecule has 1 rings (SSSR count). The smallest absolute Gasteiger partial charge is 0.253 e. The van der Waals surface area contributed by atoms with Crippen molar-refractivity contribution in [1.82, 2.24) is 5.32 Å². The number of hydrogen-bond acceptors (Lipinski definition) is 2. The largest absolute Gasteiger partial charge is 0.382 e. The van der Waals surface area contributed by atoms with Crippen molar-refractivity contribution >= 4 is 11.6 Å². The van der Waals surface area contributed by atoms with Crippen molar-refractivity contribution in [3.05, 3.63) is 29.8 Å². The predicted molar refractivity (Wildman–Crippen MR) is 90.9 cm³/mol. The van der Waals surface area contributed by atoms with Crippen LogP contribution in [0.2, 0.25) is 0 Å². The van der Waals surface area contributed by atoms with E-state index in [1.807, 2.05) is 24.3 Å². The second-order valence-electron chi connectivity index (χ2n) is 5.87. The third-order valence-electron chi connectivity index (χ3n) is 3.43. The van der Waals surface area contributed by atoms with Gasteiger partial charge in [0.1, 0.15) is 0 Å². The lowest BCUT2D eigenvalue weighted by Gasteiger charge is -2.14. The topological polar surface area (TPSA) is 41.1 Å². The maximum absolute atomic E-state index is 12.2. The number of rotatable bonds is 10. The fraction of sp³-hybridized carbons (Fsp3) is 0.611. The summed E-state index contributed by atoms with van der Waals surface area (Å²) in [6.07, 6.45) is 7.44. The number of hydrogen-bond donors (Lipinski definition) is 2. The van der Waals surface area contributed by atoms with Crippen LogP contribution in [0.4, 0.5) is 5.69 Å². The highest BCUT2D eigenvalue weighted by atomic mass is 16.1. The molecule has 1 aromatic carbocycles. The van der Waals surface area contributed by atoms with Crippen molar-refractivity contribution in [3.63, 3.8) is 0 Å². The summed E-state index contributed by atoms with van der Waals surface area (Å²) < 4.78 is 0. The van der Waals surface area contributed by atoms with Crippen LogP contribution in [-0.2, 0) is 0 Å². The lowest BCUT2D eigenvalue weighted by Crippen LogP contribution is -2.26. The number of amides is 1. The Morgan fingerprint density at radius 2 is 1.71 bits per heavy atom. The van der Waals surface area contributed by atoms with Gasteiger partial charge in [-0.1, -0.05) is 51.2 Å². The third kappa shape index (κ3) is 7.16. The van der Waals surface area contributed by atoms with Crippen LogP contribution >= 0.6 is 0 Å². The lowest BCUT2D eigenvalue weighted by atomic mass is 10.1. The molecule has 3 nitrogen and oxygen atoms in total. The summed E-state index contributed by atoms with van der Waals surface area (Å²) in [5.41, 5.74) is 1.64. The first-order valence-corrected chi connectivity index (χ1v) is 8.29. The van der Waals surface area contributed by atoms with Crippen molar-refractivity contribution in [1.29, 1.82) is 0 Å². The molecule has 0 bridgehead atoms. The Balaban J connectivity index is 2.35. The normalized spacial score (nSPS) is 10.7. The summed E-state index contributed by atoms with van der Waals surface area (Å²) in [5, 5.41) is 6.34. The molecule has 0 heterocycles. The van der Waals surface area contributed by atoms with Crippen LogP contribution in [0.25, 0.3) is 0 Å². The summed E-state index contributed by atoms with van der Waals surface area (Å²) in [6, 6.07) is 8.01. The van der Waals surface area contributed by atoms with E-state index in [9.17, 15) is 4.79 Å². The zero-order valence-electron chi connectivity index (χ0n) is 13.7. The monoisotopic (exact) mass is 290 g/mol. The van der Waals surface area contributed by atoms with Crippen LogP contribution in [0, 0.1) is 0 Å². The number of anilines is 1. The van der Waals surface area contributed by atoms with Crippen LogP contribution in [0.5, 0.6) is 0 Å². The molecule has 21 heavy (non-hydrogen) atoms. The van der Waals surface area contributed by atoms with Gasteiger partial charge < -0.3 is 10.6 Å². The van der Waals surface area contributed by atoms with E-state index < -0.39 is 0 Å². The molecule has 0 saturated heterocycles. The van der Waals surface area contributed by atoms with Gasteiger partial charge in [0.25, 0.3) is 5.91 Å². The van der Waals surface area contributed by atoms with E-state index in [1.54, 1.807) is 0 Å². The molecule has 0 spiro atoms. The molecule has 3 heteroatoms. The zero-order valence-corrected chi connectivity index (χ0v) is 13.7.